The molecule has 0 radical (unpaired) electrons. The van der Waals surface area contributed by atoms with E-state index in [1.54, 1.807) is 25.3 Å². The average molecular weight is 442 g/mol. The summed E-state index contributed by atoms with van der Waals surface area (Å²) in [5.41, 5.74) is 3.19. The van der Waals surface area contributed by atoms with Crippen LogP contribution in [0.25, 0.3) is 16.9 Å². The lowest BCUT2D eigenvalue weighted by molar-refractivity contribution is -0.384. The van der Waals surface area contributed by atoms with Crippen molar-refractivity contribution in [2.45, 2.75) is 13.0 Å². The van der Waals surface area contributed by atoms with Crippen LogP contribution < -0.4 is 10.1 Å². The van der Waals surface area contributed by atoms with E-state index in [4.69, 9.17) is 4.74 Å². The van der Waals surface area contributed by atoms with Crippen molar-refractivity contribution in [1.29, 1.82) is 0 Å². The zero-order chi connectivity index (χ0) is 23.4. The number of aromatic nitrogens is 2. The van der Waals surface area contributed by atoms with Gasteiger partial charge in [0.25, 0.3) is 11.6 Å². The van der Waals surface area contributed by atoms with Crippen molar-refractivity contribution in [3.8, 4) is 22.7 Å². The molecule has 0 aliphatic heterocycles. The van der Waals surface area contributed by atoms with Crippen molar-refractivity contribution < 1.29 is 14.5 Å². The van der Waals surface area contributed by atoms with Crippen LogP contribution in [0.1, 0.15) is 29.0 Å². The van der Waals surface area contributed by atoms with Crippen LogP contribution in [0.4, 0.5) is 5.69 Å². The van der Waals surface area contributed by atoms with E-state index in [0.29, 0.717) is 22.8 Å². The second-order valence-electron chi connectivity index (χ2n) is 7.43. The second-order valence-corrected chi connectivity index (χ2v) is 7.43. The van der Waals surface area contributed by atoms with Gasteiger partial charge in [-0.15, -0.1) is 0 Å². The molecule has 1 heterocycles. The van der Waals surface area contributed by atoms with Gasteiger partial charge >= 0.3 is 0 Å². The molecule has 0 bridgehead atoms. The number of amides is 1. The first-order valence-corrected chi connectivity index (χ1v) is 10.3. The largest absolute Gasteiger partial charge is 0.497 e. The lowest BCUT2D eigenvalue weighted by Gasteiger charge is -2.15. The summed E-state index contributed by atoms with van der Waals surface area (Å²) in [4.78, 5) is 23.8. The second kappa shape index (κ2) is 9.35. The number of carbonyl (C=O) groups excluding carboxylic acids is 1. The number of hydrogen-bond acceptors (Lipinski definition) is 5. The number of nitro benzene ring substituents is 1. The Morgan fingerprint density at radius 2 is 1.70 bits per heavy atom. The number of non-ortho nitro benzene ring substituents is 1. The van der Waals surface area contributed by atoms with Crippen LogP contribution in [0.3, 0.4) is 0 Å². The van der Waals surface area contributed by atoms with Crippen molar-refractivity contribution in [1.82, 2.24) is 15.1 Å². The van der Waals surface area contributed by atoms with E-state index in [9.17, 15) is 14.9 Å². The minimum atomic E-state index is -0.467. The van der Waals surface area contributed by atoms with Crippen molar-refractivity contribution in [3.05, 3.63) is 106 Å². The van der Waals surface area contributed by atoms with Gasteiger partial charge in [-0.05, 0) is 55.0 Å². The summed E-state index contributed by atoms with van der Waals surface area (Å²) in [6.45, 7) is 1.91. The number of carbonyl (C=O) groups is 1. The Hall–Kier alpha value is -4.46. The highest BCUT2D eigenvalue weighted by Crippen LogP contribution is 2.25. The zero-order valence-electron chi connectivity index (χ0n) is 18.1. The summed E-state index contributed by atoms with van der Waals surface area (Å²) in [7, 11) is 1.59. The molecular weight excluding hydrogens is 420 g/mol. The summed E-state index contributed by atoms with van der Waals surface area (Å²) < 4.78 is 6.71. The molecule has 0 aliphatic rings. The van der Waals surface area contributed by atoms with E-state index >= 15 is 0 Å². The smallest absolute Gasteiger partial charge is 0.270 e. The van der Waals surface area contributed by atoms with Gasteiger partial charge in [0.2, 0.25) is 0 Å². The first kappa shape index (κ1) is 21.8. The molecule has 1 unspecified atom stereocenters. The standard InChI is InChI=1S/C25H22N4O4/c1-17(18-6-4-3-5-7-18)26-25(30)24-16-23(19-8-14-22(33-2)15-9-19)27-28(24)20-10-12-21(13-11-20)29(31)32/h3-17H,1-2H3,(H,26,30). The molecule has 3 aromatic carbocycles. The zero-order valence-corrected chi connectivity index (χ0v) is 18.1. The number of nitro groups is 1. The fraction of sp³-hybridized carbons (Fsp3) is 0.120. The van der Waals surface area contributed by atoms with Gasteiger partial charge in [-0.2, -0.15) is 5.10 Å². The molecule has 0 fully saturated rings. The maximum absolute atomic E-state index is 13.2. The molecular formula is C25H22N4O4. The van der Waals surface area contributed by atoms with E-state index < -0.39 is 4.92 Å². The lowest BCUT2D eigenvalue weighted by atomic mass is 10.1. The van der Waals surface area contributed by atoms with E-state index in [1.807, 2.05) is 61.5 Å². The summed E-state index contributed by atoms with van der Waals surface area (Å²) in [5.74, 6) is 0.403. The third-order valence-corrected chi connectivity index (χ3v) is 5.28. The van der Waals surface area contributed by atoms with Gasteiger partial charge in [0.1, 0.15) is 11.4 Å². The van der Waals surface area contributed by atoms with Crippen molar-refractivity contribution in [2.24, 2.45) is 0 Å². The van der Waals surface area contributed by atoms with Gasteiger partial charge in [-0.3, -0.25) is 14.9 Å². The van der Waals surface area contributed by atoms with Crippen LogP contribution in [0.2, 0.25) is 0 Å². The van der Waals surface area contributed by atoms with Crippen LogP contribution in [0.5, 0.6) is 5.75 Å². The third kappa shape index (κ3) is 4.74. The van der Waals surface area contributed by atoms with Crippen molar-refractivity contribution in [3.63, 3.8) is 0 Å². The summed E-state index contributed by atoms with van der Waals surface area (Å²) >= 11 is 0. The summed E-state index contributed by atoms with van der Waals surface area (Å²) in [6.07, 6.45) is 0. The van der Waals surface area contributed by atoms with Crippen LogP contribution in [-0.2, 0) is 0 Å². The van der Waals surface area contributed by atoms with E-state index in [-0.39, 0.29) is 17.6 Å². The molecule has 0 saturated heterocycles. The molecule has 1 amide bonds. The van der Waals surface area contributed by atoms with Gasteiger partial charge in [0, 0.05) is 17.7 Å². The molecule has 8 nitrogen and oxygen atoms in total. The fourth-order valence-electron chi connectivity index (χ4n) is 3.45. The molecule has 1 aromatic heterocycles. The fourth-order valence-corrected chi connectivity index (χ4v) is 3.45. The number of nitrogens with one attached hydrogen (secondary N) is 1. The summed E-state index contributed by atoms with van der Waals surface area (Å²) in [5, 5.41) is 18.7. The normalized spacial score (nSPS) is 11.6. The van der Waals surface area contributed by atoms with Crippen LogP contribution in [0, 0.1) is 10.1 Å². The van der Waals surface area contributed by atoms with E-state index in [2.05, 4.69) is 10.4 Å². The number of benzene rings is 3. The quantitative estimate of drug-likeness (QED) is 0.323. The molecule has 4 rings (SSSR count). The molecule has 0 spiro atoms. The van der Waals surface area contributed by atoms with Gasteiger partial charge in [0.15, 0.2) is 0 Å². The Morgan fingerprint density at radius 1 is 1.03 bits per heavy atom. The number of ether oxygens (including phenoxy) is 1. The van der Waals surface area contributed by atoms with Crippen LogP contribution in [0.15, 0.2) is 84.9 Å². The highest BCUT2D eigenvalue weighted by atomic mass is 16.6. The Morgan fingerprint density at radius 3 is 2.30 bits per heavy atom. The van der Waals surface area contributed by atoms with Crippen LogP contribution >= 0.6 is 0 Å². The lowest BCUT2D eigenvalue weighted by Crippen LogP contribution is -2.28. The van der Waals surface area contributed by atoms with E-state index in [1.165, 1.54) is 16.8 Å². The number of nitrogens with zero attached hydrogens (tertiary/aromatic N) is 3. The molecule has 4 aromatic rings. The Kier molecular flexibility index (Phi) is 6.17. The Labute approximate surface area is 190 Å². The molecule has 8 heteroatoms. The molecule has 0 aliphatic carbocycles. The van der Waals surface area contributed by atoms with Gasteiger partial charge < -0.3 is 10.1 Å². The minimum Gasteiger partial charge on any atom is -0.497 e. The molecule has 1 atom stereocenters. The maximum Gasteiger partial charge on any atom is 0.270 e. The first-order valence-electron chi connectivity index (χ1n) is 10.3. The SMILES string of the molecule is COc1ccc(-c2cc(C(=O)NC(C)c3ccccc3)n(-c3ccc([N+](=O)[O-])cc3)n2)cc1. The molecule has 0 saturated carbocycles. The Balaban J connectivity index is 1.72. The predicted octanol–water partition coefficient (Wildman–Crippen LogP) is 4.95. The van der Waals surface area contributed by atoms with Gasteiger partial charge in [0.05, 0.1) is 29.5 Å². The van der Waals surface area contributed by atoms with Crippen molar-refractivity contribution >= 4 is 11.6 Å². The Bertz CT molecular complexity index is 1270. The highest BCUT2D eigenvalue weighted by Gasteiger charge is 2.20. The minimum absolute atomic E-state index is 0.0371. The first-order chi connectivity index (χ1) is 16.0. The van der Waals surface area contributed by atoms with Crippen molar-refractivity contribution in [2.75, 3.05) is 7.11 Å². The average Bonchev–Trinajstić information content (AvgIpc) is 3.30. The maximum atomic E-state index is 13.2. The topological polar surface area (TPSA) is 99.3 Å². The summed E-state index contributed by atoms with van der Waals surface area (Å²) in [6, 6.07) is 24.4. The molecule has 166 valence electrons. The number of methoxy groups -OCH3 is 1. The molecule has 1 N–H and O–H groups in total. The predicted molar refractivity (Wildman–Crippen MR) is 125 cm³/mol. The van der Waals surface area contributed by atoms with Crippen LogP contribution in [-0.4, -0.2) is 27.7 Å². The monoisotopic (exact) mass is 442 g/mol. The van der Waals surface area contributed by atoms with E-state index in [0.717, 1.165) is 11.1 Å². The molecule has 33 heavy (non-hydrogen) atoms. The number of rotatable bonds is 7. The van der Waals surface area contributed by atoms with Gasteiger partial charge in [-0.1, -0.05) is 30.3 Å². The number of hydrogen-bond donors (Lipinski definition) is 1. The third-order valence-electron chi connectivity index (χ3n) is 5.28. The highest BCUT2D eigenvalue weighted by molar-refractivity contribution is 5.94. The van der Waals surface area contributed by atoms with Gasteiger partial charge in [-0.25, -0.2) is 4.68 Å².